The lowest BCUT2D eigenvalue weighted by molar-refractivity contribution is 0.640. The molecule has 2 aromatic rings. The SMILES string of the molecule is CCC(N)C(Sc1cccc(Br)c1)c1ccc(C)s1. The van der Waals surface area contributed by atoms with Crippen molar-refractivity contribution in [1.29, 1.82) is 0 Å². The van der Waals surface area contributed by atoms with E-state index in [1.807, 2.05) is 29.2 Å². The van der Waals surface area contributed by atoms with E-state index in [9.17, 15) is 0 Å². The van der Waals surface area contributed by atoms with E-state index in [1.54, 1.807) is 0 Å². The van der Waals surface area contributed by atoms with Crippen LogP contribution in [0.5, 0.6) is 0 Å². The van der Waals surface area contributed by atoms with Gasteiger partial charge in [-0.1, -0.05) is 28.9 Å². The zero-order chi connectivity index (χ0) is 13.8. The summed E-state index contributed by atoms with van der Waals surface area (Å²) in [5.41, 5.74) is 6.32. The van der Waals surface area contributed by atoms with Crippen molar-refractivity contribution in [1.82, 2.24) is 0 Å². The number of aryl methyl sites for hydroxylation is 1. The molecule has 0 fully saturated rings. The number of benzene rings is 1. The van der Waals surface area contributed by atoms with Gasteiger partial charge >= 0.3 is 0 Å². The highest BCUT2D eigenvalue weighted by molar-refractivity contribution is 9.10. The summed E-state index contributed by atoms with van der Waals surface area (Å²) in [7, 11) is 0. The summed E-state index contributed by atoms with van der Waals surface area (Å²) < 4.78 is 1.11. The van der Waals surface area contributed by atoms with Crippen molar-refractivity contribution in [3.63, 3.8) is 0 Å². The molecular formula is C15H18BrNS2. The van der Waals surface area contributed by atoms with E-state index in [-0.39, 0.29) is 6.04 Å². The summed E-state index contributed by atoms with van der Waals surface area (Å²) >= 11 is 7.23. The summed E-state index contributed by atoms with van der Waals surface area (Å²) in [5.74, 6) is 0. The third kappa shape index (κ3) is 4.09. The van der Waals surface area contributed by atoms with E-state index in [0.29, 0.717) is 5.25 Å². The molecule has 0 aliphatic carbocycles. The van der Waals surface area contributed by atoms with Gasteiger partial charge < -0.3 is 5.73 Å². The molecular weight excluding hydrogens is 338 g/mol. The Hall–Kier alpha value is -0.290. The van der Waals surface area contributed by atoms with Gasteiger partial charge in [0, 0.05) is 25.2 Å². The molecule has 0 amide bonds. The minimum Gasteiger partial charge on any atom is -0.326 e. The zero-order valence-electron chi connectivity index (χ0n) is 11.1. The summed E-state index contributed by atoms with van der Waals surface area (Å²) in [6.07, 6.45) is 0.989. The largest absolute Gasteiger partial charge is 0.326 e. The van der Waals surface area contributed by atoms with E-state index in [4.69, 9.17) is 5.73 Å². The fraction of sp³-hybridized carbons (Fsp3) is 0.333. The smallest absolute Gasteiger partial charge is 0.0589 e. The average Bonchev–Trinajstić information content (AvgIpc) is 2.81. The first-order chi connectivity index (χ1) is 9.10. The van der Waals surface area contributed by atoms with E-state index in [2.05, 4.69) is 60.1 Å². The van der Waals surface area contributed by atoms with Crippen molar-refractivity contribution in [3.05, 3.63) is 50.6 Å². The molecule has 0 aliphatic heterocycles. The first-order valence-corrected chi connectivity index (χ1v) is 8.83. The number of nitrogens with two attached hydrogens (primary N) is 1. The Morgan fingerprint density at radius 1 is 1.32 bits per heavy atom. The van der Waals surface area contributed by atoms with Crippen LogP contribution in [0.2, 0.25) is 0 Å². The lowest BCUT2D eigenvalue weighted by Crippen LogP contribution is -2.25. The van der Waals surface area contributed by atoms with Crippen molar-refractivity contribution < 1.29 is 0 Å². The minimum absolute atomic E-state index is 0.182. The quantitative estimate of drug-likeness (QED) is 0.727. The molecule has 2 N–H and O–H groups in total. The topological polar surface area (TPSA) is 26.0 Å². The van der Waals surface area contributed by atoms with Crippen LogP contribution in [0.25, 0.3) is 0 Å². The number of halogens is 1. The van der Waals surface area contributed by atoms with Crippen LogP contribution < -0.4 is 5.73 Å². The monoisotopic (exact) mass is 355 g/mol. The predicted molar refractivity (Wildman–Crippen MR) is 90.1 cm³/mol. The molecule has 1 aromatic carbocycles. The zero-order valence-corrected chi connectivity index (χ0v) is 14.3. The molecule has 2 unspecified atom stereocenters. The fourth-order valence-corrected chi connectivity index (χ4v) is 4.85. The molecule has 4 heteroatoms. The molecule has 0 saturated carbocycles. The van der Waals surface area contributed by atoms with Gasteiger partial charge in [0.05, 0.1) is 5.25 Å². The lowest BCUT2D eigenvalue weighted by atomic mass is 10.1. The average molecular weight is 356 g/mol. The van der Waals surface area contributed by atoms with Crippen molar-refractivity contribution in [2.75, 3.05) is 0 Å². The maximum absolute atomic E-state index is 6.32. The third-order valence-corrected chi connectivity index (χ3v) is 6.07. The van der Waals surface area contributed by atoms with Gasteiger partial charge in [0.25, 0.3) is 0 Å². The third-order valence-electron chi connectivity index (χ3n) is 2.96. The Balaban J connectivity index is 2.24. The van der Waals surface area contributed by atoms with Crippen molar-refractivity contribution >= 4 is 39.0 Å². The summed E-state index contributed by atoms with van der Waals surface area (Å²) in [4.78, 5) is 3.98. The second-order valence-electron chi connectivity index (χ2n) is 4.52. The van der Waals surface area contributed by atoms with Crippen LogP contribution in [-0.4, -0.2) is 6.04 Å². The molecule has 2 rings (SSSR count). The highest BCUT2D eigenvalue weighted by Crippen LogP contribution is 2.41. The maximum Gasteiger partial charge on any atom is 0.0589 e. The van der Waals surface area contributed by atoms with Crippen LogP contribution in [0.3, 0.4) is 0 Å². The Kier molecular flexibility index (Phi) is 5.51. The van der Waals surface area contributed by atoms with E-state index in [1.165, 1.54) is 14.6 Å². The number of hydrogen-bond acceptors (Lipinski definition) is 3. The summed E-state index contributed by atoms with van der Waals surface area (Å²) in [6, 6.07) is 13.0. The molecule has 1 aromatic heterocycles. The standard InChI is InChI=1S/C15H18BrNS2/c1-3-13(17)15(14-8-7-10(2)18-14)19-12-6-4-5-11(16)9-12/h4-9,13,15H,3,17H2,1-2H3. The second-order valence-corrected chi connectivity index (χ2v) is 7.97. The summed E-state index contributed by atoms with van der Waals surface area (Å²) in [6.45, 7) is 4.30. The molecule has 1 heterocycles. The highest BCUT2D eigenvalue weighted by Gasteiger charge is 2.21. The van der Waals surface area contributed by atoms with Gasteiger partial charge in [-0.2, -0.15) is 0 Å². The molecule has 2 atom stereocenters. The van der Waals surface area contributed by atoms with Gasteiger partial charge in [-0.3, -0.25) is 0 Å². The van der Waals surface area contributed by atoms with E-state index < -0.39 is 0 Å². The Labute approximate surface area is 131 Å². The Bertz CT molecular complexity index is 538. The Morgan fingerprint density at radius 2 is 2.11 bits per heavy atom. The van der Waals surface area contributed by atoms with Crippen LogP contribution in [-0.2, 0) is 0 Å². The van der Waals surface area contributed by atoms with Crippen molar-refractivity contribution in [2.24, 2.45) is 5.73 Å². The number of hydrogen-bond donors (Lipinski definition) is 1. The molecule has 1 nitrogen and oxygen atoms in total. The maximum atomic E-state index is 6.32. The second kappa shape index (κ2) is 6.93. The normalized spacial score (nSPS) is 14.3. The van der Waals surface area contributed by atoms with Gasteiger partial charge in [-0.15, -0.1) is 23.1 Å². The van der Waals surface area contributed by atoms with Gasteiger partial charge in [0.1, 0.15) is 0 Å². The van der Waals surface area contributed by atoms with Crippen molar-refractivity contribution in [3.8, 4) is 0 Å². The van der Waals surface area contributed by atoms with E-state index in [0.717, 1.165) is 10.9 Å². The molecule has 0 bridgehead atoms. The van der Waals surface area contributed by atoms with Crippen LogP contribution in [0.1, 0.15) is 28.3 Å². The fourth-order valence-electron chi connectivity index (χ4n) is 1.86. The van der Waals surface area contributed by atoms with Crippen LogP contribution in [0, 0.1) is 6.92 Å². The molecule has 0 spiro atoms. The first-order valence-electron chi connectivity index (χ1n) is 6.34. The molecule has 0 aliphatic rings. The number of thiophene rings is 1. The summed E-state index contributed by atoms with van der Waals surface area (Å²) in [5, 5.41) is 0.331. The molecule has 102 valence electrons. The van der Waals surface area contributed by atoms with Crippen LogP contribution in [0.15, 0.2) is 45.8 Å². The predicted octanol–water partition coefficient (Wildman–Crippen LogP) is 5.39. The molecule has 19 heavy (non-hydrogen) atoms. The number of rotatable bonds is 5. The number of thioether (sulfide) groups is 1. The Morgan fingerprint density at radius 3 is 2.68 bits per heavy atom. The minimum atomic E-state index is 0.182. The first kappa shape index (κ1) is 15.1. The van der Waals surface area contributed by atoms with Crippen LogP contribution >= 0.6 is 39.0 Å². The highest BCUT2D eigenvalue weighted by atomic mass is 79.9. The molecule has 0 radical (unpaired) electrons. The van der Waals surface area contributed by atoms with E-state index >= 15 is 0 Å². The molecule has 0 saturated heterocycles. The van der Waals surface area contributed by atoms with Crippen LogP contribution in [0.4, 0.5) is 0 Å². The van der Waals surface area contributed by atoms with Gasteiger partial charge in [-0.05, 0) is 43.7 Å². The lowest BCUT2D eigenvalue weighted by Gasteiger charge is -2.21. The van der Waals surface area contributed by atoms with Gasteiger partial charge in [-0.25, -0.2) is 0 Å². The van der Waals surface area contributed by atoms with Gasteiger partial charge in [0.2, 0.25) is 0 Å². The van der Waals surface area contributed by atoms with Crippen molar-refractivity contribution in [2.45, 2.75) is 36.5 Å². The van der Waals surface area contributed by atoms with Gasteiger partial charge in [0.15, 0.2) is 0 Å².